The molecule has 0 unspecified atom stereocenters. The van der Waals surface area contributed by atoms with E-state index in [1.165, 1.54) is 50.9 Å². The van der Waals surface area contributed by atoms with Gasteiger partial charge in [-0.05, 0) is 69.8 Å². The van der Waals surface area contributed by atoms with Crippen LogP contribution in [0, 0.1) is 0 Å². The molecule has 30 heavy (non-hydrogen) atoms. The van der Waals surface area contributed by atoms with Crippen LogP contribution in [0.1, 0.15) is 47.6 Å². The van der Waals surface area contributed by atoms with Crippen molar-refractivity contribution < 1.29 is 0 Å². The van der Waals surface area contributed by atoms with Gasteiger partial charge in [0.05, 0.1) is 0 Å². The molecule has 0 heterocycles. The van der Waals surface area contributed by atoms with E-state index in [1.807, 2.05) is 6.08 Å². The zero-order valence-electron chi connectivity index (χ0n) is 17.7. The minimum absolute atomic E-state index is 0.883. The second-order valence-electron chi connectivity index (χ2n) is 7.96. The standard InChI is InChI=1S/C29H29N/c1-3-6-21-9-11-24(12-10-21)26-8-5-7-22(17-26)18-27-15-16-28(19-23(27)4-2)29(20-30)25-13-14-25/h4-5,7-13,15-17,19-20H,2-3,6,14,18,30H2,1H3/b29-20+. The van der Waals surface area contributed by atoms with E-state index < -0.39 is 0 Å². The monoisotopic (exact) mass is 391 g/mol. The summed E-state index contributed by atoms with van der Waals surface area (Å²) in [5, 5.41) is 0. The van der Waals surface area contributed by atoms with Gasteiger partial charge in [0, 0.05) is 11.8 Å². The summed E-state index contributed by atoms with van der Waals surface area (Å²) < 4.78 is 0. The lowest BCUT2D eigenvalue weighted by Gasteiger charge is -2.12. The van der Waals surface area contributed by atoms with Gasteiger partial charge in [0.2, 0.25) is 0 Å². The van der Waals surface area contributed by atoms with E-state index in [-0.39, 0.29) is 0 Å². The molecule has 0 aliphatic heterocycles. The van der Waals surface area contributed by atoms with Crippen molar-refractivity contribution in [1.29, 1.82) is 0 Å². The van der Waals surface area contributed by atoms with Gasteiger partial charge >= 0.3 is 0 Å². The first kappa shape index (κ1) is 20.0. The Morgan fingerprint density at radius 2 is 1.77 bits per heavy atom. The fourth-order valence-electron chi connectivity index (χ4n) is 4.01. The lowest BCUT2D eigenvalue weighted by atomic mass is 9.93. The van der Waals surface area contributed by atoms with Crippen LogP contribution in [0.3, 0.4) is 0 Å². The summed E-state index contributed by atoms with van der Waals surface area (Å²) in [6.45, 7) is 6.26. The molecule has 0 amide bonds. The second-order valence-corrected chi connectivity index (χ2v) is 7.96. The molecule has 0 saturated heterocycles. The number of hydrogen-bond acceptors (Lipinski definition) is 1. The van der Waals surface area contributed by atoms with Gasteiger partial charge in [-0.25, -0.2) is 0 Å². The van der Waals surface area contributed by atoms with Gasteiger partial charge in [-0.3, -0.25) is 0 Å². The number of hydrogen-bond donors (Lipinski definition) is 1. The van der Waals surface area contributed by atoms with Gasteiger partial charge in [-0.1, -0.05) is 92.7 Å². The number of rotatable bonds is 8. The van der Waals surface area contributed by atoms with Crippen LogP contribution >= 0.6 is 0 Å². The van der Waals surface area contributed by atoms with E-state index in [0.717, 1.165) is 24.8 Å². The first-order chi connectivity index (χ1) is 14.7. The third-order valence-corrected chi connectivity index (χ3v) is 5.75. The molecule has 4 rings (SSSR count). The molecule has 0 spiro atoms. The van der Waals surface area contributed by atoms with E-state index in [9.17, 15) is 0 Å². The summed E-state index contributed by atoms with van der Waals surface area (Å²) in [7, 11) is 0. The van der Waals surface area contributed by atoms with Crippen molar-refractivity contribution in [2.75, 3.05) is 0 Å². The highest BCUT2D eigenvalue weighted by Crippen LogP contribution is 2.35. The second kappa shape index (κ2) is 9.00. The summed E-state index contributed by atoms with van der Waals surface area (Å²) in [5.74, 6) is 0. The summed E-state index contributed by atoms with van der Waals surface area (Å²) in [5.41, 5.74) is 17.2. The Bertz CT molecular complexity index is 1110. The molecule has 0 aromatic heterocycles. The maximum absolute atomic E-state index is 5.87. The lowest BCUT2D eigenvalue weighted by Crippen LogP contribution is -1.96. The normalized spacial score (nSPS) is 13.1. The van der Waals surface area contributed by atoms with Crippen molar-refractivity contribution in [2.24, 2.45) is 5.73 Å². The number of allylic oxidation sites excluding steroid dienone is 3. The molecule has 0 fully saturated rings. The van der Waals surface area contributed by atoms with Crippen molar-refractivity contribution in [1.82, 2.24) is 0 Å². The molecule has 2 N–H and O–H groups in total. The molecule has 0 atom stereocenters. The third kappa shape index (κ3) is 4.46. The first-order valence-corrected chi connectivity index (χ1v) is 10.8. The summed E-state index contributed by atoms with van der Waals surface area (Å²) in [6, 6.07) is 24.4. The fourth-order valence-corrected chi connectivity index (χ4v) is 4.01. The molecule has 1 nitrogen and oxygen atoms in total. The van der Waals surface area contributed by atoms with Gasteiger partial charge < -0.3 is 5.73 Å². The van der Waals surface area contributed by atoms with Crippen molar-refractivity contribution in [3.05, 3.63) is 119 Å². The van der Waals surface area contributed by atoms with Crippen LogP contribution in [0.25, 0.3) is 22.8 Å². The smallest absolute Gasteiger partial charge is 0.00204 e. The molecule has 0 radical (unpaired) electrons. The molecule has 150 valence electrons. The SMILES string of the molecule is C=Cc1cc(/C(=C/N)C2=CC2)ccc1Cc1cccc(-c2ccc(CCC)cc2)c1. The number of nitrogens with two attached hydrogens (primary N) is 1. The van der Waals surface area contributed by atoms with Crippen molar-refractivity contribution in [3.8, 4) is 11.1 Å². The maximum atomic E-state index is 5.87. The Hall–Kier alpha value is -3.32. The van der Waals surface area contributed by atoms with Crippen molar-refractivity contribution >= 4 is 11.6 Å². The topological polar surface area (TPSA) is 26.0 Å². The molecule has 0 bridgehead atoms. The van der Waals surface area contributed by atoms with Crippen LogP contribution < -0.4 is 5.73 Å². The lowest BCUT2D eigenvalue weighted by molar-refractivity contribution is 0.922. The van der Waals surface area contributed by atoms with E-state index in [0.29, 0.717) is 0 Å². The zero-order chi connectivity index (χ0) is 20.9. The Morgan fingerprint density at radius 1 is 0.967 bits per heavy atom. The van der Waals surface area contributed by atoms with E-state index in [4.69, 9.17) is 5.73 Å². The summed E-state index contributed by atoms with van der Waals surface area (Å²) in [4.78, 5) is 0. The highest BCUT2D eigenvalue weighted by atomic mass is 14.5. The van der Waals surface area contributed by atoms with Crippen LogP contribution in [0.15, 0.2) is 91.2 Å². The van der Waals surface area contributed by atoms with Crippen molar-refractivity contribution in [2.45, 2.75) is 32.6 Å². The van der Waals surface area contributed by atoms with E-state index in [2.05, 4.69) is 86.3 Å². The molecule has 3 aromatic carbocycles. The van der Waals surface area contributed by atoms with Gasteiger partial charge in [0.1, 0.15) is 0 Å². The molecule has 1 aliphatic carbocycles. The molecule has 3 aromatic rings. The van der Waals surface area contributed by atoms with Gasteiger partial charge in [0.15, 0.2) is 0 Å². The zero-order valence-corrected chi connectivity index (χ0v) is 17.7. The average molecular weight is 392 g/mol. The fraction of sp³-hybridized carbons (Fsp3) is 0.172. The first-order valence-electron chi connectivity index (χ1n) is 10.8. The Morgan fingerprint density at radius 3 is 2.43 bits per heavy atom. The summed E-state index contributed by atoms with van der Waals surface area (Å²) in [6.07, 6.45) is 10.1. The van der Waals surface area contributed by atoms with Gasteiger partial charge in [-0.2, -0.15) is 0 Å². The Kier molecular flexibility index (Phi) is 5.99. The Balaban J connectivity index is 1.58. The molecule has 1 aliphatic rings. The number of aryl methyl sites for hydroxylation is 1. The predicted octanol–water partition coefficient (Wildman–Crippen LogP) is 7.17. The third-order valence-electron chi connectivity index (χ3n) is 5.75. The highest BCUT2D eigenvalue weighted by molar-refractivity contribution is 5.83. The highest BCUT2D eigenvalue weighted by Gasteiger charge is 2.15. The molecule has 1 heteroatoms. The minimum Gasteiger partial charge on any atom is -0.404 e. The van der Waals surface area contributed by atoms with E-state index in [1.54, 1.807) is 6.20 Å². The van der Waals surface area contributed by atoms with Crippen molar-refractivity contribution in [3.63, 3.8) is 0 Å². The van der Waals surface area contributed by atoms with Crippen LogP contribution in [-0.2, 0) is 12.8 Å². The maximum Gasteiger partial charge on any atom is 0.00204 e. The summed E-state index contributed by atoms with van der Waals surface area (Å²) >= 11 is 0. The van der Waals surface area contributed by atoms with Gasteiger partial charge in [-0.15, -0.1) is 0 Å². The molecular weight excluding hydrogens is 362 g/mol. The quantitative estimate of drug-likeness (QED) is 0.433. The molecular formula is C29H29N. The average Bonchev–Trinajstić information content (AvgIpc) is 3.61. The van der Waals surface area contributed by atoms with Crippen LogP contribution in [0.4, 0.5) is 0 Å². The number of benzene rings is 3. The van der Waals surface area contributed by atoms with Crippen LogP contribution in [-0.4, -0.2) is 0 Å². The minimum atomic E-state index is 0.883. The van der Waals surface area contributed by atoms with Crippen LogP contribution in [0.5, 0.6) is 0 Å². The molecule has 0 saturated carbocycles. The largest absolute Gasteiger partial charge is 0.404 e. The predicted molar refractivity (Wildman–Crippen MR) is 130 cm³/mol. The Labute approximate surface area is 180 Å². The van der Waals surface area contributed by atoms with Gasteiger partial charge in [0.25, 0.3) is 0 Å². The van der Waals surface area contributed by atoms with E-state index >= 15 is 0 Å². The van der Waals surface area contributed by atoms with Crippen LogP contribution in [0.2, 0.25) is 0 Å².